The summed E-state index contributed by atoms with van der Waals surface area (Å²) < 4.78 is 5.65. The summed E-state index contributed by atoms with van der Waals surface area (Å²) in [5.41, 5.74) is 4.61. The quantitative estimate of drug-likeness (QED) is 0.517. The number of carbonyl (C=O) groups is 1. The Kier molecular flexibility index (Phi) is 4.61. The van der Waals surface area contributed by atoms with E-state index < -0.39 is 0 Å². The molecule has 0 aliphatic carbocycles. The number of hydrogen-bond acceptors (Lipinski definition) is 3. The monoisotopic (exact) mass is 290 g/mol. The maximum absolute atomic E-state index is 11.3. The van der Waals surface area contributed by atoms with Gasteiger partial charge in [0.25, 0.3) is 5.91 Å². The van der Waals surface area contributed by atoms with E-state index in [-0.39, 0.29) is 5.91 Å². The lowest BCUT2D eigenvalue weighted by Crippen LogP contribution is -2.29. The molecule has 0 aromatic heterocycles. The van der Waals surface area contributed by atoms with Crippen LogP contribution in [0, 0.1) is 6.92 Å². The van der Waals surface area contributed by atoms with Crippen LogP contribution in [-0.4, -0.2) is 5.91 Å². The standard InChI is InChI=1S/C15H15ClN2O2/c1-10-2-7-14(13(16)8-10)20-9-11-3-5-12(6-4-11)15(19)18-17/h2-8H,9,17H2,1H3,(H,18,19). The van der Waals surface area contributed by atoms with Gasteiger partial charge in [-0.25, -0.2) is 5.84 Å². The van der Waals surface area contributed by atoms with Crippen molar-refractivity contribution in [2.75, 3.05) is 0 Å². The largest absolute Gasteiger partial charge is 0.487 e. The lowest BCUT2D eigenvalue weighted by atomic mass is 10.1. The molecular weight excluding hydrogens is 276 g/mol. The van der Waals surface area contributed by atoms with Gasteiger partial charge in [0.15, 0.2) is 0 Å². The average molecular weight is 291 g/mol. The van der Waals surface area contributed by atoms with Crippen LogP contribution in [0.2, 0.25) is 5.02 Å². The van der Waals surface area contributed by atoms with Crippen molar-refractivity contribution < 1.29 is 9.53 Å². The normalized spacial score (nSPS) is 10.2. The molecular formula is C15H15ClN2O2. The van der Waals surface area contributed by atoms with E-state index in [1.54, 1.807) is 12.1 Å². The van der Waals surface area contributed by atoms with Gasteiger partial charge in [-0.1, -0.05) is 29.8 Å². The van der Waals surface area contributed by atoms with E-state index in [2.05, 4.69) is 5.43 Å². The summed E-state index contributed by atoms with van der Waals surface area (Å²) in [6.07, 6.45) is 0. The molecule has 0 unspecified atom stereocenters. The highest BCUT2D eigenvalue weighted by Crippen LogP contribution is 2.25. The van der Waals surface area contributed by atoms with Crippen LogP contribution in [0.5, 0.6) is 5.75 Å². The summed E-state index contributed by atoms with van der Waals surface area (Å²) >= 11 is 6.09. The number of benzene rings is 2. The minimum atomic E-state index is -0.320. The van der Waals surface area contributed by atoms with Gasteiger partial charge in [0.2, 0.25) is 0 Å². The van der Waals surface area contributed by atoms with Gasteiger partial charge in [-0.15, -0.1) is 0 Å². The fourth-order valence-electron chi connectivity index (χ4n) is 1.72. The molecule has 0 aliphatic heterocycles. The van der Waals surface area contributed by atoms with Gasteiger partial charge in [0, 0.05) is 5.56 Å². The third kappa shape index (κ3) is 3.50. The van der Waals surface area contributed by atoms with Crippen molar-refractivity contribution in [2.24, 2.45) is 5.84 Å². The number of hydrazine groups is 1. The fourth-order valence-corrected chi connectivity index (χ4v) is 2.01. The molecule has 104 valence electrons. The number of ether oxygens (including phenoxy) is 1. The molecule has 0 radical (unpaired) electrons. The first-order valence-corrected chi connectivity index (χ1v) is 6.47. The fraction of sp³-hybridized carbons (Fsp3) is 0.133. The van der Waals surface area contributed by atoms with Crippen LogP contribution < -0.4 is 16.0 Å². The lowest BCUT2D eigenvalue weighted by Gasteiger charge is -2.09. The minimum Gasteiger partial charge on any atom is -0.487 e. The van der Waals surface area contributed by atoms with Gasteiger partial charge in [-0.2, -0.15) is 0 Å². The molecule has 5 heteroatoms. The SMILES string of the molecule is Cc1ccc(OCc2ccc(C(=O)NN)cc2)c(Cl)c1. The second kappa shape index (κ2) is 6.41. The number of aryl methyl sites for hydroxylation is 1. The highest BCUT2D eigenvalue weighted by Gasteiger charge is 2.04. The Balaban J connectivity index is 2.02. The summed E-state index contributed by atoms with van der Waals surface area (Å²) in [6.45, 7) is 2.35. The number of carbonyl (C=O) groups excluding carboxylic acids is 1. The molecule has 20 heavy (non-hydrogen) atoms. The van der Waals surface area contributed by atoms with Gasteiger partial charge >= 0.3 is 0 Å². The van der Waals surface area contributed by atoms with E-state index in [0.29, 0.717) is 22.9 Å². The molecule has 0 aliphatic rings. The molecule has 0 spiro atoms. The van der Waals surface area contributed by atoms with Gasteiger partial charge < -0.3 is 4.74 Å². The first kappa shape index (κ1) is 14.4. The van der Waals surface area contributed by atoms with Gasteiger partial charge in [-0.05, 0) is 42.3 Å². The molecule has 0 atom stereocenters. The Hall–Kier alpha value is -2.04. The Bertz CT molecular complexity index is 612. The lowest BCUT2D eigenvalue weighted by molar-refractivity contribution is 0.0953. The molecule has 2 aromatic carbocycles. The number of nitrogen functional groups attached to an aromatic ring is 1. The topological polar surface area (TPSA) is 64.3 Å². The number of amides is 1. The van der Waals surface area contributed by atoms with Crippen molar-refractivity contribution in [3.63, 3.8) is 0 Å². The van der Waals surface area contributed by atoms with E-state index in [1.807, 2.05) is 37.3 Å². The summed E-state index contributed by atoms with van der Waals surface area (Å²) in [6, 6.07) is 12.6. The van der Waals surface area contributed by atoms with Gasteiger partial charge in [0.1, 0.15) is 12.4 Å². The smallest absolute Gasteiger partial charge is 0.265 e. The molecule has 4 nitrogen and oxygen atoms in total. The highest BCUT2D eigenvalue weighted by atomic mass is 35.5. The van der Waals surface area contributed by atoms with Crippen LogP contribution >= 0.6 is 11.6 Å². The third-order valence-corrected chi connectivity index (χ3v) is 3.12. The first-order valence-electron chi connectivity index (χ1n) is 6.09. The van der Waals surface area contributed by atoms with E-state index in [9.17, 15) is 4.79 Å². The molecule has 0 saturated carbocycles. The van der Waals surface area contributed by atoms with Crippen molar-refractivity contribution >= 4 is 17.5 Å². The van der Waals surface area contributed by atoms with Crippen LogP contribution in [0.4, 0.5) is 0 Å². The second-order valence-electron chi connectivity index (χ2n) is 4.39. The van der Waals surface area contributed by atoms with Crippen molar-refractivity contribution in [2.45, 2.75) is 13.5 Å². The van der Waals surface area contributed by atoms with Crippen molar-refractivity contribution in [1.29, 1.82) is 0 Å². The number of halogens is 1. The average Bonchev–Trinajstić information content (AvgIpc) is 2.46. The summed E-state index contributed by atoms with van der Waals surface area (Å²) in [5, 5.41) is 0.587. The maximum atomic E-state index is 11.3. The number of hydrogen-bond donors (Lipinski definition) is 2. The molecule has 2 rings (SSSR count). The van der Waals surface area contributed by atoms with Crippen molar-refractivity contribution in [3.8, 4) is 5.75 Å². The predicted molar refractivity (Wildman–Crippen MR) is 78.6 cm³/mol. The minimum absolute atomic E-state index is 0.320. The Morgan fingerprint density at radius 2 is 1.95 bits per heavy atom. The molecule has 0 heterocycles. The van der Waals surface area contributed by atoms with Crippen LogP contribution in [0.1, 0.15) is 21.5 Å². The van der Waals surface area contributed by atoms with Crippen LogP contribution in [0.3, 0.4) is 0 Å². The Labute approximate surface area is 122 Å². The van der Waals surface area contributed by atoms with Crippen LogP contribution in [0.25, 0.3) is 0 Å². The second-order valence-corrected chi connectivity index (χ2v) is 4.80. The highest BCUT2D eigenvalue weighted by molar-refractivity contribution is 6.32. The van der Waals surface area contributed by atoms with E-state index in [1.165, 1.54) is 0 Å². The zero-order valence-corrected chi connectivity index (χ0v) is 11.8. The third-order valence-electron chi connectivity index (χ3n) is 2.83. The Morgan fingerprint density at radius 1 is 1.25 bits per heavy atom. The zero-order chi connectivity index (χ0) is 14.5. The zero-order valence-electron chi connectivity index (χ0n) is 11.0. The molecule has 2 aromatic rings. The van der Waals surface area contributed by atoms with Gasteiger partial charge in [-0.3, -0.25) is 10.2 Å². The molecule has 3 N–H and O–H groups in total. The van der Waals surface area contributed by atoms with Gasteiger partial charge in [0.05, 0.1) is 5.02 Å². The summed E-state index contributed by atoms with van der Waals surface area (Å²) in [7, 11) is 0. The number of rotatable bonds is 4. The van der Waals surface area contributed by atoms with Crippen molar-refractivity contribution in [1.82, 2.24) is 5.43 Å². The predicted octanol–water partition coefficient (Wildman–Crippen LogP) is 2.83. The number of nitrogens with one attached hydrogen (secondary N) is 1. The maximum Gasteiger partial charge on any atom is 0.265 e. The first-order chi connectivity index (χ1) is 9.60. The summed E-state index contributed by atoms with van der Waals surface area (Å²) in [5.74, 6) is 5.39. The summed E-state index contributed by atoms with van der Waals surface area (Å²) in [4.78, 5) is 11.3. The number of nitrogens with two attached hydrogens (primary N) is 1. The molecule has 0 fully saturated rings. The van der Waals surface area contributed by atoms with Crippen molar-refractivity contribution in [3.05, 3.63) is 64.2 Å². The van der Waals surface area contributed by atoms with E-state index in [4.69, 9.17) is 22.2 Å². The molecule has 1 amide bonds. The van der Waals surface area contributed by atoms with E-state index >= 15 is 0 Å². The van der Waals surface area contributed by atoms with E-state index in [0.717, 1.165) is 11.1 Å². The van der Waals surface area contributed by atoms with Crippen LogP contribution in [-0.2, 0) is 6.61 Å². The van der Waals surface area contributed by atoms with Crippen LogP contribution in [0.15, 0.2) is 42.5 Å². The molecule has 0 bridgehead atoms. The molecule has 0 saturated heterocycles. The Morgan fingerprint density at radius 3 is 2.55 bits per heavy atom.